The zero-order chi connectivity index (χ0) is 12.0. The van der Waals surface area contributed by atoms with E-state index in [4.69, 9.17) is 11.5 Å². The maximum Gasteiger partial charge on any atom is 0.303 e. The molecule has 1 amide bonds. The van der Waals surface area contributed by atoms with Crippen molar-refractivity contribution < 1.29 is 14.7 Å². The Kier molecular flexibility index (Phi) is 4.10. The Labute approximate surface area is 93.3 Å². The van der Waals surface area contributed by atoms with Crippen molar-refractivity contribution >= 4 is 17.6 Å². The number of benzene rings is 1. The van der Waals surface area contributed by atoms with Gasteiger partial charge in [0.15, 0.2) is 0 Å². The number of hydrogen-bond donors (Lipinski definition) is 2. The van der Waals surface area contributed by atoms with Crippen LogP contribution in [-0.2, 0) is 9.59 Å². The van der Waals surface area contributed by atoms with E-state index in [0.717, 1.165) is 0 Å². The number of terminal acetylenes is 1. The molecule has 0 bridgehead atoms. The molecule has 4 heteroatoms. The molecule has 0 unspecified atom stereocenters. The molecule has 0 radical (unpaired) electrons. The Morgan fingerprint density at radius 2 is 2.00 bits per heavy atom. The first-order valence-corrected chi connectivity index (χ1v) is 4.70. The molecule has 0 heterocycles. The molecule has 0 aliphatic heterocycles. The molecule has 2 N–H and O–H groups in total. The van der Waals surface area contributed by atoms with Crippen molar-refractivity contribution in [2.24, 2.45) is 0 Å². The summed E-state index contributed by atoms with van der Waals surface area (Å²) in [5.74, 6) is 1.08. The van der Waals surface area contributed by atoms with Crippen LogP contribution in [0, 0.1) is 12.3 Å². The van der Waals surface area contributed by atoms with Crippen LogP contribution >= 0.6 is 0 Å². The van der Waals surface area contributed by atoms with Gasteiger partial charge in [-0.2, -0.15) is 0 Å². The fourth-order valence-electron chi connectivity index (χ4n) is 1.15. The average molecular weight is 217 g/mol. The quantitative estimate of drug-likeness (QED) is 0.750. The molecule has 0 spiro atoms. The van der Waals surface area contributed by atoms with Crippen LogP contribution in [0.25, 0.3) is 0 Å². The minimum atomic E-state index is -1.000. The van der Waals surface area contributed by atoms with Crippen molar-refractivity contribution in [3.63, 3.8) is 0 Å². The third-order valence-corrected chi connectivity index (χ3v) is 1.92. The Morgan fingerprint density at radius 1 is 1.31 bits per heavy atom. The van der Waals surface area contributed by atoms with Gasteiger partial charge in [0.25, 0.3) is 0 Å². The summed E-state index contributed by atoms with van der Waals surface area (Å²) in [6.45, 7) is 0. The predicted octanol–water partition coefficient (Wildman–Crippen LogP) is 1.47. The number of amides is 1. The summed E-state index contributed by atoms with van der Waals surface area (Å²) in [5, 5.41) is 11.0. The number of rotatable bonds is 4. The molecule has 4 nitrogen and oxygen atoms in total. The van der Waals surface area contributed by atoms with E-state index in [-0.39, 0.29) is 18.7 Å². The van der Waals surface area contributed by atoms with Gasteiger partial charge >= 0.3 is 5.97 Å². The highest BCUT2D eigenvalue weighted by Gasteiger charge is 2.07. The molecular formula is C12H11NO3. The SMILES string of the molecule is C#Cc1ccccc1NC(=O)CCC(=O)O. The van der Waals surface area contributed by atoms with E-state index < -0.39 is 5.97 Å². The fraction of sp³-hybridized carbons (Fsp3) is 0.167. The van der Waals surface area contributed by atoms with E-state index in [1.54, 1.807) is 24.3 Å². The van der Waals surface area contributed by atoms with Gasteiger partial charge < -0.3 is 10.4 Å². The Hall–Kier alpha value is -2.28. The number of carboxylic acids is 1. The molecule has 0 aromatic heterocycles. The Morgan fingerprint density at radius 3 is 2.62 bits per heavy atom. The molecule has 82 valence electrons. The van der Waals surface area contributed by atoms with Gasteiger partial charge in [0.05, 0.1) is 12.1 Å². The van der Waals surface area contributed by atoms with E-state index in [1.807, 2.05) is 0 Å². The highest BCUT2D eigenvalue weighted by Crippen LogP contribution is 2.13. The highest BCUT2D eigenvalue weighted by molar-refractivity contribution is 5.93. The van der Waals surface area contributed by atoms with Gasteiger partial charge in [-0.05, 0) is 12.1 Å². The van der Waals surface area contributed by atoms with E-state index >= 15 is 0 Å². The highest BCUT2D eigenvalue weighted by atomic mass is 16.4. The molecule has 0 saturated heterocycles. The lowest BCUT2D eigenvalue weighted by Crippen LogP contribution is -2.13. The second-order valence-electron chi connectivity index (χ2n) is 3.13. The smallest absolute Gasteiger partial charge is 0.303 e. The number of para-hydroxylation sites is 1. The van der Waals surface area contributed by atoms with Crippen molar-refractivity contribution in [3.8, 4) is 12.3 Å². The lowest BCUT2D eigenvalue weighted by atomic mass is 10.2. The third kappa shape index (κ3) is 3.46. The Bertz CT molecular complexity index is 446. The summed E-state index contributed by atoms with van der Waals surface area (Å²) in [4.78, 5) is 21.6. The molecular weight excluding hydrogens is 206 g/mol. The topological polar surface area (TPSA) is 66.4 Å². The lowest BCUT2D eigenvalue weighted by Gasteiger charge is -2.06. The first-order valence-electron chi connectivity index (χ1n) is 4.70. The van der Waals surface area contributed by atoms with E-state index in [2.05, 4.69) is 11.2 Å². The van der Waals surface area contributed by atoms with Crippen LogP contribution in [0.2, 0.25) is 0 Å². The largest absolute Gasteiger partial charge is 0.481 e. The second-order valence-corrected chi connectivity index (χ2v) is 3.13. The lowest BCUT2D eigenvalue weighted by molar-refractivity contribution is -0.138. The minimum absolute atomic E-state index is 0.0613. The maximum atomic E-state index is 11.3. The van der Waals surface area contributed by atoms with Crippen LogP contribution in [0.4, 0.5) is 5.69 Å². The molecule has 0 aliphatic rings. The minimum Gasteiger partial charge on any atom is -0.481 e. The first kappa shape index (κ1) is 11.8. The molecule has 0 fully saturated rings. The molecule has 0 atom stereocenters. The van der Waals surface area contributed by atoms with Gasteiger partial charge in [-0.3, -0.25) is 9.59 Å². The second kappa shape index (κ2) is 5.56. The van der Waals surface area contributed by atoms with Crippen LogP contribution in [0.3, 0.4) is 0 Å². The summed E-state index contributed by atoms with van der Waals surface area (Å²) in [7, 11) is 0. The number of hydrogen-bond acceptors (Lipinski definition) is 2. The summed E-state index contributed by atoms with van der Waals surface area (Å²) < 4.78 is 0. The van der Waals surface area contributed by atoms with Crippen LogP contribution in [0.1, 0.15) is 18.4 Å². The first-order chi connectivity index (χ1) is 7.63. The van der Waals surface area contributed by atoms with Gasteiger partial charge in [0, 0.05) is 12.0 Å². The number of carbonyl (C=O) groups is 2. The van der Waals surface area contributed by atoms with Crippen molar-refractivity contribution in [1.29, 1.82) is 0 Å². The predicted molar refractivity (Wildman–Crippen MR) is 59.9 cm³/mol. The average Bonchev–Trinajstić information content (AvgIpc) is 2.27. The van der Waals surface area contributed by atoms with Crippen molar-refractivity contribution in [2.45, 2.75) is 12.8 Å². The van der Waals surface area contributed by atoms with Crippen LogP contribution in [0.5, 0.6) is 0 Å². The van der Waals surface area contributed by atoms with Gasteiger partial charge in [-0.25, -0.2) is 0 Å². The maximum absolute atomic E-state index is 11.3. The third-order valence-electron chi connectivity index (χ3n) is 1.92. The molecule has 1 aromatic carbocycles. The van der Waals surface area contributed by atoms with Gasteiger partial charge in [-0.15, -0.1) is 6.42 Å². The van der Waals surface area contributed by atoms with Crippen molar-refractivity contribution in [2.75, 3.05) is 5.32 Å². The zero-order valence-corrected chi connectivity index (χ0v) is 8.56. The van der Waals surface area contributed by atoms with Crippen LogP contribution < -0.4 is 5.32 Å². The fourth-order valence-corrected chi connectivity index (χ4v) is 1.15. The number of aliphatic carboxylic acids is 1. The monoisotopic (exact) mass is 217 g/mol. The van der Waals surface area contributed by atoms with E-state index in [0.29, 0.717) is 11.3 Å². The zero-order valence-electron chi connectivity index (χ0n) is 8.56. The standard InChI is InChI=1S/C12H11NO3/c1-2-9-5-3-4-6-10(9)13-11(14)7-8-12(15)16/h1,3-6H,7-8H2,(H,13,14)(H,15,16). The number of carbonyl (C=O) groups excluding carboxylic acids is 1. The molecule has 0 saturated carbocycles. The van der Waals surface area contributed by atoms with Gasteiger partial charge in [-0.1, -0.05) is 18.1 Å². The van der Waals surface area contributed by atoms with Crippen LogP contribution in [0.15, 0.2) is 24.3 Å². The number of anilines is 1. The Balaban J connectivity index is 2.63. The molecule has 0 aliphatic carbocycles. The van der Waals surface area contributed by atoms with Crippen LogP contribution in [-0.4, -0.2) is 17.0 Å². The summed E-state index contributed by atoms with van der Waals surface area (Å²) in [5.41, 5.74) is 1.10. The van der Waals surface area contributed by atoms with Crippen molar-refractivity contribution in [3.05, 3.63) is 29.8 Å². The van der Waals surface area contributed by atoms with Gasteiger partial charge in [0.2, 0.25) is 5.91 Å². The van der Waals surface area contributed by atoms with E-state index in [9.17, 15) is 9.59 Å². The van der Waals surface area contributed by atoms with Gasteiger partial charge in [0.1, 0.15) is 0 Å². The summed E-state index contributed by atoms with van der Waals surface area (Å²) in [6, 6.07) is 6.89. The summed E-state index contributed by atoms with van der Waals surface area (Å²) in [6.07, 6.45) is 5.00. The normalized spacial score (nSPS) is 9.19. The van der Waals surface area contributed by atoms with E-state index in [1.165, 1.54) is 0 Å². The van der Waals surface area contributed by atoms with Crippen molar-refractivity contribution in [1.82, 2.24) is 0 Å². The molecule has 16 heavy (non-hydrogen) atoms. The number of nitrogens with one attached hydrogen (secondary N) is 1. The number of carboxylic acid groups (broad SMARTS) is 1. The molecule has 1 rings (SSSR count). The summed E-state index contributed by atoms with van der Waals surface area (Å²) >= 11 is 0. The molecule has 1 aromatic rings.